The summed E-state index contributed by atoms with van der Waals surface area (Å²) in [6, 6.07) is 11.6. The van der Waals surface area contributed by atoms with Gasteiger partial charge in [0.2, 0.25) is 0 Å². The van der Waals surface area contributed by atoms with Crippen molar-refractivity contribution in [3.63, 3.8) is 0 Å². The van der Waals surface area contributed by atoms with Crippen molar-refractivity contribution in [1.29, 1.82) is 0 Å². The SMILES string of the molecule is Cc1cc(CN2CC[C@H](NC(=O)c3ccc(Cl)c(Cl)c3)C2)ccc1OCCN1CCCC1. The molecule has 1 amide bonds. The van der Waals surface area contributed by atoms with E-state index in [-0.39, 0.29) is 11.9 Å². The number of ether oxygens (including phenoxy) is 1. The highest BCUT2D eigenvalue weighted by Crippen LogP contribution is 2.24. The van der Waals surface area contributed by atoms with Crippen molar-refractivity contribution in [2.75, 3.05) is 39.3 Å². The smallest absolute Gasteiger partial charge is 0.251 e. The summed E-state index contributed by atoms with van der Waals surface area (Å²) in [5.41, 5.74) is 2.98. The van der Waals surface area contributed by atoms with Gasteiger partial charge in [0.15, 0.2) is 0 Å². The van der Waals surface area contributed by atoms with E-state index in [1.807, 2.05) is 0 Å². The molecule has 5 nitrogen and oxygen atoms in total. The van der Waals surface area contributed by atoms with Gasteiger partial charge in [0.1, 0.15) is 12.4 Å². The Morgan fingerprint density at radius 2 is 1.88 bits per heavy atom. The standard InChI is InChI=1S/C25H31Cl2N3O2/c1-18-14-19(4-7-24(18)32-13-12-29-9-2-3-10-29)16-30-11-8-21(17-30)28-25(31)20-5-6-22(26)23(27)15-20/h4-7,14-15,21H,2-3,8-13,16-17H2,1H3,(H,28,31)/t21-/m0/s1. The van der Waals surface area contributed by atoms with Crippen LogP contribution in [0.25, 0.3) is 0 Å². The van der Waals surface area contributed by atoms with E-state index in [0.717, 1.165) is 45.0 Å². The summed E-state index contributed by atoms with van der Waals surface area (Å²) in [5.74, 6) is 0.864. The molecule has 2 aliphatic heterocycles. The number of carbonyl (C=O) groups excluding carboxylic acids is 1. The number of hydrogen-bond acceptors (Lipinski definition) is 4. The molecule has 2 aromatic carbocycles. The Bertz CT molecular complexity index is 947. The van der Waals surface area contributed by atoms with Gasteiger partial charge in [-0.05, 0) is 74.7 Å². The zero-order valence-corrected chi connectivity index (χ0v) is 20.1. The van der Waals surface area contributed by atoms with Crippen molar-refractivity contribution in [3.8, 4) is 5.75 Å². The molecule has 0 aliphatic carbocycles. The summed E-state index contributed by atoms with van der Waals surface area (Å²) >= 11 is 12.0. The molecule has 0 unspecified atom stereocenters. The van der Waals surface area contributed by atoms with Gasteiger partial charge in [0.05, 0.1) is 10.0 Å². The van der Waals surface area contributed by atoms with Gasteiger partial charge in [0, 0.05) is 37.8 Å². The van der Waals surface area contributed by atoms with E-state index in [0.29, 0.717) is 15.6 Å². The largest absolute Gasteiger partial charge is 0.492 e. The van der Waals surface area contributed by atoms with Crippen LogP contribution in [-0.4, -0.2) is 61.1 Å². The summed E-state index contributed by atoms with van der Waals surface area (Å²) in [6.45, 7) is 8.92. The maximum absolute atomic E-state index is 12.5. The van der Waals surface area contributed by atoms with E-state index in [1.54, 1.807) is 18.2 Å². The van der Waals surface area contributed by atoms with Gasteiger partial charge in [-0.25, -0.2) is 0 Å². The molecule has 4 rings (SSSR count). The van der Waals surface area contributed by atoms with Crippen LogP contribution < -0.4 is 10.1 Å². The molecular formula is C25H31Cl2N3O2. The Hall–Kier alpha value is -1.79. The Morgan fingerprint density at radius 3 is 2.62 bits per heavy atom. The van der Waals surface area contributed by atoms with Crippen molar-refractivity contribution in [2.24, 2.45) is 0 Å². The number of carbonyl (C=O) groups is 1. The number of likely N-dealkylation sites (tertiary alicyclic amines) is 2. The molecule has 0 radical (unpaired) electrons. The Morgan fingerprint density at radius 1 is 1.06 bits per heavy atom. The lowest BCUT2D eigenvalue weighted by Crippen LogP contribution is -2.37. The number of nitrogens with zero attached hydrogens (tertiary/aromatic N) is 2. The van der Waals surface area contributed by atoms with Crippen LogP contribution in [0.5, 0.6) is 5.75 Å². The third-order valence-corrected chi connectivity index (χ3v) is 7.04. The molecule has 1 atom stereocenters. The number of halogens is 2. The van der Waals surface area contributed by atoms with Crippen LogP contribution in [0, 0.1) is 6.92 Å². The van der Waals surface area contributed by atoms with E-state index in [4.69, 9.17) is 27.9 Å². The Balaban J connectivity index is 1.24. The van der Waals surface area contributed by atoms with E-state index in [2.05, 4.69) is 40.2 Å². The molecule has 1 N–H and O–H groups in total. The second kappa shape index (κ2) is 10.9. The molecule has 7 heteroatoms. The quantitative estimate of drug-likeness (QED) is 0.596. The highest BCUT2D eigenvalue weighted by Gasteiger charge is 2.24. The molecule has 2 fully saturated rings. The molecule has 0 aromatic heterocycles. The van der Waals surface area contributed by atoms with Crippen LogP contribution >= 0.6 is 23.2 Å². The molecule has 0 bridgehead atoms. The summed E-state index contributed by atoms with van der Waals surface area (Å²) < 4.78 is 6.02. The van der Waals surface area contributed by atoms with Crippen LogP contribution in [0.15, 0.2) is 36.4 Å². The fourth-order valence-electron chi connectivity index (χ4n) is 4.52. The van der Waals surface area contributed by atoms with Crippen LogP contribution in [0.3, 0.4) is 0 Å². The maximum atomic E-state index is 12.5. The van der Waals surface area contributed by atoms with Gasteiger partial charge < -0.3 is 10.1 Å². The predicted octanol–water partition coefficient (Wildman–Crippen LogP) is 4.78. The normalized spacial score (nSPS) is 19.4. The van der Waals surface area contributed by atoms with E-state index >= 15 is 0 Å². The lowest BCUT2D eigenvalue weighted by molar-refractivity contribution is 0.0937. The first-order valence-electron chi connectivity index (χ1n) is 11.4. The zero-order valence-electron chi connectivity index (χ0n) is 18.6. The van der Waals surface area contributed by atoms with Gasteiger partial charge in [-0.2, -0.15) is 0 Å². The van der Waals surface area contributed by atoms with Gasteiger partial charge in [-0.15, -0.1) is 0 Å². The van der Waals surface area contributed by atoms with Crippen molar-refractivity contribution in [1.82, 2.24) is 15.1 Å². The molecule has 0 spiro atoms. The first kappa shape index (κ1) is 23.4. The van der Waals surface area contributed by atoms with Crippen LogP contribution in [0.4, 0.5) is 0 Å². The molecule has 2 aromatic rings. The molecule has 32 heavy (non-hydrogen) atoms. The monoisotopic (exact) mass is 475 g/mol. The lowest BCUT2D eigenvalue weighted by Gasteiger charge is -2.19. The molecule has 2 aliphatic rings. The average molecular weight is 476 g/mol. The molecule has 172 valence electrons. The van der Waals surface area contributed by atoms with E-state index in [9.17, 15) is 4.79 Å². The van der Waals surface area contributed by atoms with Crippen LogP contribution in [-0.2, 0) is 6.54 Å². The number of hydrogen-bond donors (Lipinski definition) is 1. The summed E-state index contributed by atoms with van der Waals surface area (Å²) in [6.07, 6.45) is 3.55. The van der Waals surface area contributed by atoms with E-state index in [1.165, 1.54) is 37.1 Å². The minimum absolute atomic E-state index is 0.110. The third-order valence-electron chi connectivity index (χ3n) is 6.30. The number of amides is 1. The molecule has 0 saturated carbocycles. The minimum Gasteiger partial charge on any atom is -0.492 e. The van der Waals surface area contributed by atoms with Gasteiger partial charge in [0.25, 0.3) is 5.91 Å². The second-order valence-corrected chi connectivity index (χ2v) is 9.63. The molecule has 2 heterocycles. The first-order chi connectivity index (χ1) is 15.5. The summed E-state index contributed by atoms with van der Waals surface area (Å²) in [4.78, 5) is 17.4. The first-order valence-corrected chi connectivity index (χ1v) is 12.2. The highest BCUT2D eigenvalue weighted by molar-refractivity contribution is 6.42. The van der Waals surface area contributed by atoms with Crippen molar-refractivity contribution < 1.29 is 9.53 Å². The number of nitrogens with one attached hydrogen (secondary N) is 1. The maximum Gasteiger partial charge on any atom is 0.251 e. The fraction of sp³-hybridized carbons (Fsp3) is 0.480. The van der Waals surface area contributed by atoms with Crippen molar-refractivity contribution in [2.45, 2.75) is 38.8 Å². The van der Waals surface area contributed by atoms with Gasteiger partial charge in [-0.1, -0.05) is 35.3 Å². The Labute approximate surface area is 200 Å². The van der Waals surface area contributed by atoms with Crippen LogP contribution in [0.2, 0.25) is 10.0 Å². The predicted molar refractivity (Wildman–Crippen MR) is 130 cm³/mol. The second-order valence-electron chi connectivity index (χ2n) is 8.82. The van der Waals surface area contributed by atoms with E-state index < -0.39 is 0 Å². The number of benzene rings is 2. The van der Waals surface area contributed by atoms with Crippen LogP contribution in [0.1, 0.15) is 40.7 Å². The van der Waals surface area contributed by atoms with Gasteiger partial charge in [-0.3, -0.25) is 14.6 Å². The van der Waals surface area contributed by atoms with Crippen molar-refractivity contribution >= 4 is 29.1 Å². The van der Waals surface area contributed by atoms with Gasteiger partial charge >= 0.3 is 0 Å². The zero-order chi connectivity index (χ0) is 22.5. The Kier molecular flexibility index (Phi) is 7.95. The highest BCUT2D eigenvalue weighted by atomic mass is 35.5. The fourth-order valence-corrected chi connectivity index (χ4v) is 4.82. The number of rotatable bonds is 8. The summed E-state index contributed by atoms with van der Waals surface area (Å²) in [5, 5.41) is 3.97. The molecular weight excluding hydrogens is 445 g/mol. The topological polar surface area (TPSA) is 44.8 Å². The third kappa shape index (κ3) is 6.16. The lowest BCUT2D eigenvalue weighted by atomic mass is 10.1. The minimum atomic E-state index is -0.110. The van der Waals surface area contributed by atoms with Crippen molar-refractivity contribution in [3.05, 3.63) is 63.1 Å². The molecule has 2 saturated heterocycles. The summed E-state index contributed by atoms with van der Waals surface area (Å²) in [7, 11) is 0. The average Bonchev–Trinajstić information content (AvgIpc) is 3.44. The number of aryl methyl sites for hydroxylation is 1.